The number of halogens is 5. The van der Waals surface area contributed by atoms with Crippen molar-refractivity contribution in [3.8, 4) is 0 Å². The average molecular weight is 391 g/mol. The highest BCUT2D eigenvalue weighted by atomic mass is 32.2. The lowest BCUT2D eigenvalue weighted by Gasteiger charge is -2.26. The fourth-order valence-electron chi connectivity index (χ4n) is 3.19. The van der Waals surface area contributed by atoms with Gasteiger partial charge in [0.2, 0.25) is 10.0 Å². The first-order valence-electron chi connectivity index (χ1n) is 7.75. The Morgan fingerprint density at radius 3 is 2.42 bits per heavy atom. The Kier molecular flexibility index (Phi) is 4.78. The molecule has 0 spiro atoms. The predicted molar refractivity (Wildman–Crippen MR) is 83.7 cm³/mol. The molecule has 9 heteroatoms. The number of alkyl halides is 3. The molecule has 26 heavy (non-hydrogen) atoms. The molecular formula is C17H14F5NO2S. The maximum atomic E-state index is 14.0. The van der Waals surface area contributed by atoms with Crippen LogP contribution in [0.1, 0.15) is 30.0 Å². The van der Waals surface area contributed by atoms with E-state index in [1.54, 1.807) is 0 Å². The van der Waals surface area contributed by atoms with Gasteiger partial charge in [-0.1, -0.05) is 18.2 Å². The van der Waals surface area contributed by atoms with Crippen LogP contribution < -0.4 is 0 Å². The number of rotatable bonds is 3. The maximum absolute atomic E-state index is 14.0. The smallest absolute Gasteiger partial charge is 0.207 e. The molecule has 3 rings (SSSR count). The molecule has 0 N–H and O–H groups in total. The fraction of sp³-hybridized carbons (Fsp3) is 0.294. The summed E-state index contributed by atoms with van der Waals surface area (Å²) in [5.41, 5.74) is -1.13. The van der Waals surface area contributed by atoms with E-state index in [-0.39, 0.29) is 18.5 Å². The predicted octanol–water partition coefficient (Wildman–Crippen LogP) is 4.51. The molecule has 1 unspecified atom stereocenters. The van der Waals surface area contributed by atoms with Gasteiger partial charge in [0, 0.05) is 6.54 Å². The van der Waals surface area contributed by atoms with Crippen molar-refractivity contribution in [1.29, 1.82) is 0 Å². The molecule has 1 atom stereocenters. The molecule has 0 saturated carbocycles. The zero-order valence-electron chi connectivity index (χ0n) is 13.3. The first-order valence-corrected chi connectivity index (χ1v) is 9.19. The van der Waals surface area contributed by atoms with Gasteiger partial charge in [-0.15, -0.1) is 0 Å². The molecule has 140 valence electrons. The Morgan fingerprint density at radius 1 is 1.04 bits per heavy atom. The fourth-order valence-corrected chi connectivity index (χ4v) is 4.94. The second-order valence-corrected chi connectivity index (χ2v) is 7.79. The molecule has 0 radical (unpaired) electrons. The molecule has 1 saturated heterocycles. The summed E-state index contributed by atoms with van der Waals surface area (Å²) >= 11 is 0. The maximum Gasteiger partial charge on any atom is 0.416 e. The largest absolute Gasteiger partial charge is 0.416 e. The van der Waals surface area contributed by atoms with Crippen molar-refractivity contribution in [2.45, 2.75) is 30.0 Å². The lowest BCUT2D eigenvalue weighted by atomic mass is 9.99. The summed E-state index contributed by atoms with van der Waals surface area (Å²) in [5.74, 6) is -2.10. The molecular weight excluding hydrogens is 377 g/mol. The molecule has 2 aromatic rings. The number of benzene rings is 2. The van der Waals surface area contributed by atoms with Crippen LogP contribution in [-0.4, -0.2) is 19.3 Å². The summed E-state index contributed by atoms with van der Waals surface area (Å²) in [4.78, 5) is -0.881. The van der Waals surface area contributed by atoms with Crippen LogP contribution in [0.15, 0.2) is 47.4 Å². The van der Waals surface area contributed by atoms with Crippen LogP contribution >= 0.6 is 0 Å². The molecule has 0 aromatic heterocycles. The molecule has 3 nitrogen and oxygen atoms in total. The Balaban J connectivity index is 2.09. The van der Waals surface area contributed by atoms with E-state index in [9.17, 15) is 30.4 Å². The van der Waals surface area contributed by atoms with E-state index in [4.69, 9.17) is 0 Å². The molecule has 1 aliphatic heterocycles. The summed E-state index contributed by atoms with van der Waals surface area (Å²) in [5, 5.41) is 0. The monoisotopic (exact) mass is 391 g/mol. The third kappa shape index (κ3) is 3.33. The number of sulfonamides is 1. The standard InChI is InChI=1S/C17H14F5NO2S/c18-11-7-8-14(19)16(10-11)26(24,25)23-9-3-6-15(23)12-4-1-2-5-13(12)17(20,21)22/h1-2,4-5,7-8,10,15H,3,6,9H2. The third-order valence-electron chi connectivity index (χ3n) is 4.31. The third-order valence-corrected chi connectivity index (χ3v) is 6.23. The summed E-state index contributed by atoms with van der Waals surface area (Å²) in [6.45, 7) is -0.0743. The van der Waals surface area contributed by atoms with E-state index < -0.39 is 44.3 Å². The molecule has 0 aliphatic carbocycles. The van der Waals surface area contributed by atoms with Gasteiger partial charge < -0.3 is 0 Å². The van der Waals surface area contributed by atoms with Crippen molar-refractivity contribution in [2.24, 2.45) is 0 Å². The second-order valence-electron chi connectivity index (χ2n) is 5.93. The van der Waals surface area contributed by atoms with Gasteiger partial charge in [0.05, 0.1) is 11.6 Å². The molecule has 1 aliphatic rings. The molecule has 2 aromatic carbocycles. The number of nitrogens with zero attached hydrogens (tertiary/aromatic N) is 1. The topological polar surface area (TPSA) is 37.4 Å². The summed E-state index contributed by atoms with van der Waals surface area (Å²) in [6, 6.07) is 5.58. The lowest BCUT2D eigenvalue weighted by molar-refractivity contribution is -0.138. The Morgan fingerprint density at radius 2 is 1.73 bits per heavy atom. The average Bonchev–Trinajstić information content (AvgIpc) is 3.06. The Hall–Kier alpha value is -2.00. The van der Waals surface area contributed by atoms with Gasteiger partial charge in [-0.25, -0.2) is 17.2 Å². The highest BCUT2D eigenvalue weighted by Crippen LogP contribution is 2.42. The quantitative estimate of drug-likeness (QED) is 0.722. The van der Waals surface area contributed by atoms with E-state index in [0.29, 0.717) is 18.6 Å². The molecule has 0 bridgehead atoms. The first kappa shape index (κ1) is 18.8. The summed E-state index contributed by atoms with van der Waals surface area (Å²) in [6.07, 6.45) is -4.19. The zero-order valence-corrected chi connectivity index (χ0v) is 14.1. The van der Waals surface area contributed by atoms with Gasteiger partial charge in [-0.2, -0.15) is 17.5 Å². The molecule has 1 heterocycles. The van der Waals surface area contributed by atoms with Gasteiger partial charge in [0.25, 0.3) is 0 Å². The molecule has 0 amide bonds. The van der Waals surface area contributed by atoms with Crippen molar-refractivity contribution < 1.29 is 30.4 Å². The van der Waals surface area contributed by atoms with Gasteiger partial charge in [-0.3, -0.25) is 0 Å². The van der Waals surface area contributed by atoms with Crippen molar-refractivity contribution in [2.75, 3.05) is 6.54 Å². The van der Waals surface area contributed by atoms with E-state index in [2.05, 4.69) is 0 Å². The van der Waals surface area contributed by atoms with Crippen LogP contribution in [-0.2, 0) is 16.2 Å². The molecule has 1 fully saturated rings. The Bertz CT molecular complexity index is 927. The second kappa shape index (κ2) is 6.62. The van der Waals surface area contributed by atoms with Crippen LogP contribution in [0.25, 0.3) is 0 Å². The highest BCUT2D eigenvalue weighted by Gasteiger charge is 2.42. The highest BCUT2D eigenvalue weighted by molar-refractivity contribution is 7.89. The van der Waals surface area contributed by atoms with Crippen LogP contribution in [0, 0.1) is 11.6 Å². The lowest BCUT2D eigenvalue weighted by Crippen LogP contribution is -2.32. The first-order chi connectivity index (χ1) is 12.1. The van der Waals surface area contributed by atoms with Crippen molar-refractivity contribution in [3.63, 3.8) is 0 Å². The van der Waals surface area contributed by atoms with Crippen LogP contribution in [0.2, 0.25) is 0 Å². The normalized spacial score (nSPS) is 19.0. The number of hydrogen-bond acceptors (Lipinski definition) is 2. The van der Waals surface area contributed by atoms with Crippen LogP contribution in [0.4, 0.5) is 22.0 Å². The van der Waals surface area contributed by atoms with Gasteiger partial charge in [-0.05, 0) is 42.7 Å². The van der Waals surface area contributed by atoms with E-state index >= 15 is 0 Å². The van der Waals surface area contributed by atoms with Gasteiger partial charge in [0.1, 0.15) is 16.5 Å². The van der Waals surface area contributed by atoms with Crippen LogP contribution in [0.3, 0.4) is 0 Å². The van der Waals surface area contributed by atoms with Gasteiger partial charge in [0.15, 0.2) is 0 Å². The minimum absolute atomic E-state index is 0.0743. The van der Waals surface area contributed by atoms with E-state index in [0.717, 1.165) is 16.4 Å². The minimum atomic E-state index is -4.65. The van der Waals surface area contributed by atoms with Gasteiger partial charge >= 0.3 is 6.18 Å². The van der Waals surface area contributed by atoms with Crippen molar-refractivity contribution >= 4 is 10.0 Å². The van der Waals surface area contributed by atoms with E-state index in [1.165, 1.54) is 18.2 Å². The Labute approximate surface area is 147 Å². The van der Waals surface area contributed by atoms with Crippen LogP contribution in [0.5, 0.6) is 0 Å². The van der Waals surface area contributed by atoms with Crippen molar-refractivity contribution in [3.05, 3.63) is 65.2 Å². The SMILES string of the molecule is O=S(=O)(c1cc(F)ccc1F)N1CCCC1c1ccccc1C(F)(F)F. The summed E-state index contributed by atoms with van der Waals surface area (Å²) in [7, 11) is -4.50. The van der Waals surface area contributed by atoms with Crippen molar-refractivity contribution in [1.82, 2.24) is 4.31 Å². The number of hydrogen-bond donors (Lipinski definition) is 0. The van der Waals surface area contributed by atoms with E-state index in [1.807, 2.05) is 0 Å². The zero-order chi connectivity index (χ0) is 19.1. The minimum Gasteiger partial charge on any atom is -0.207 e. The summed E-state index contributed by atoms with van der Waals surface area (Å²) < 4.78 is 93.6.